The molecule has 0 radical (unpaired) electrons. The monoisotopic (exact) mass is 474 g/mol. The summed E-state index contributed by atoms with van der Waals surface area (Å²) < 4.78 is 10.5. The van der Waals surface area contributed by atoms with Crippen molar-refractivity contribution in [3.05, 3.63) is 83.1 Å². The molecular formula is C26H22N2O5S. The Kier molecular flexibility index (Phi) is 6.43. The molecule has 1 fully saturated rings. The highest BCUT2D eigenvalue weighted by Crippen LogP contribution is 2.27. The highest BCUT2D eigenvalue weighted by Gasteiger charge is 2.34. The molecule has 2 aromatic carbocycles. The fourth-order valence-corrected chi connectivity index (χ4v) is 3.80. The van der Waals surface area contributed by atoms with Crippen LogP contribution < -0.4 is 10.2 Å². The summed E-state index contributed by atoms with van der Waals surface area (Å²) in [4.78, 5) is 38.7. The molecule has 2 amide bonds. The van der Waals surface area contributed by atoms with E-state index in [-0.39, 0.29) is 10.7 Å². The first-order valence-corrected chi connectivity index (χ1v) is 11.0. The summed E-state index contributed by atoms with van der Waals surface area (Å²) >= 11 is 5.26. The summed E-state index contributed by atoms with van der Waals surface area (Å²) in [7, 11) is 1.32. The summed E-state index contributed by atoms with van der Waals surface area (Å²) in [5.41, 5.74) is 2.74. The van der Waals surface area contributed by atoms with Crippen LogP contribution in [0.4, 0.5) is 5.69 Å². The van der Waals surface area contributed by atoms with Gasteiger partial charge in [0.05, 0.1) is 18.4 Å². The number of ether oxygens (including phenoxy) is 1. The van der Waals surface area contributed by atoms with Gasteiger partial charge in [0.25, 0.3) is 11.8 Å². The van der Waals surface area contributed by atoms with Gasteiger partial charge in [-0.25, -0.2) is 4.79 Å². The van der Waals surface area contributed by atoms with Crippen molar-refractivity contribution in [2.24, 2.45) is 0 Å². The zero-order valence-corrected chi connectivity index (χ0v) is 19.6. The summed E-state index contributed by atoms with van der Waals surface area (Å²) in [5, 5.41) is 2.59. The van der Waals surface area contributed by atoms with Crippen molar-refractivity contribution in [1.82, 2.24) is 5.32 Å². The van der Waals surface area contributed by atoms with Crippen LogP contribution in [0.3, 0.4) is 0 Å². The number of nitrogens with one attached hydrogen (secondary N) is 1. The highest BCUT2D eigenvalue weighted by atomic mass is 32.1. The number of esters is 1. The number of amides is 2. The van der Waals surface area contributed by atoms with Crippen molar-refractivity contribution in [3.63, 3.8) is 0 Å². The molecule has 0 saturated carbocycles. The maximum Gasteiger partial charge on any atom is 0.337 e. The number of nitrogens with zero attached hydrogens (tertiary/aromatic N) is 1. The van der Waals surface area contributed by atoms with Crippen molar-refractivity contribution < 1.29 is 23.5 Å². The van der Waals surface area contributed by atoms with E-state index in [1.165, 1.54) is 18.1 Å². The Morgan fingerprint density at radius 2 is 1.71 bits per heavy atom. The Hall–Kier alpha value is -4.04. The molecule has 172 valence electrons. The molecule has 1 N–H and O–H groups in total. The average molecular weight is 475 g/mol. The van der Waals surface area contributed by atoms with Gasteiger partial charge in [-0.05, 0) is 66.2 Å². The smallest absolute Gasteiger partial charge is 0.337 e. The quantitative estimate of drug-likeness (QED) is 0.250. The molecule has 2 heterocycles. The lowest BCUT2D eigenvalue weighted by Crippen LogP contribution is -2.54. The molecule has 34 heavy (non-hydrogen) atoms. The molecule has 0 aliphatic carbocycles. The van der Waals surface area contributed by atoms with E-state index in [0.29, 0.717) is 28.7 Å². The van der Waals surface area contributed by atoms with Gasteiger partial charge in [0.1, 0.15) is 17.1 Å². The third-order valence-electron chi connectivity index (χ3n) is 5.42. The Balaban J connectivity index is 1.60. The van der Waals surface area contributed by atoms with Gasteiger partial charge in [-0.2, -0.15) is 0 Å². The fraction of sp³-hybridized carbons (Fsp3) is 0.154. The van der Waals surface area contributed by atoms with Gasteiger partial charge in [-0.15, -0.1) is 0 Å². The molecule has 8 heteroatoms. The van der Waals surface area contributed by atoms with E-state index < -0.39 is 17.8 Å². The van der Waals surface area contributed by atoms with Crippen molar-refractivity contribution in [3.8, 4) is 11.3 Å². The lowest BCUT2D eigenvalue weighted by Gasteiger charge is -2.29. The number of benzene rings is 2. The lowest BCUT2D eigenvalue weighted by atomic mass is 10.0. The summed E-state index contributed by atoms with van der Waals surface area (Å²) in [6, 6.07) is 17.5. The Morgan fingerprint density at radius 3 is 2.32 bits per heavy atom. The number of rotatable bonds is 5. The van der Waals surface area contributed by atoms with Crippen LogP contribution in [-0.4, -0.2) is 30.0 Å². The third kappa shape index (κ3) is 4.53. The van der Waals surface area contributed by atoms with E-state index in [0.717, 1.165) is 11.1 Å². The Labute approximate surface area is 202 Å². The third-order valence-corrected chi connectivity index (χ3v) is 5.71. The summed E-state index contributed by atoms with van der Waals surface area (Å²) in [5.74, 6) is -0.369. The molecule has 0 spiro atoms. The first kappa shape index (κ1) is 23.1. The molecule has 0 bridgehead atoms. The molecular weight excluding hydrogens is 452 g/mol. The van der Waals surface area contributed by atoms with E-state index in [4.69, 9.17) is 21.4 Å². The van der Waals surface area contributed by atoms with Gasteiger partial charge in [0.15, 0.2) is 5.11 Å². The molecule has 1 saturated heterocycles. The summed E-state index contributed by atoms with van der Waals surface area (Å²) in [6.45, 7) is 4.16. The van der Waals surface area contributed by atoms with Crippen LogP contribution >= 0.6 is 12.2 Å². The molecule has 4 rings (SSSR count). The maximum absolute atomic E-state index is 13.2. The first-order chi connectivity index (χ1) is 16.3. The van der Waals surface area contributed by atoms with E-state index in [1.807, 2.05) is 12.1 Å². The number of carbonyl (C=O) groups is 3. The van der Waals surface area contributed by atoms with Crippen molar-refractivity contribution in [2.75, 3.05) is 12.0 Å². The maximum atomic E-state index is 13.2. The minimum absolute atomic E-state index is 0.0234. The predicted molar refractivity (Wildman–Crippen MR) is 132 cm³/mol. The number of anilines is 1. The zero-order chi connectivity index (χ0) is 24.4. The van der Waals surface area contributed by atoms with Crippen LogP contribution in [0, 0.1) is 0 Å². The van der Waals surface area contributed by atoms with Crippen LogP contribution in [0.1, 0.15) is 41.4 Å². The molecule has 0 unspecified atom stereocenters. The molecule has 1 aromatic heterocycles. The topological polar surface area (TPSA) is 88.9 Å². The van der Waals surface area contributed by atoms with Gasteiger partial charge in [-0.3, -0.25) is 19.8 Å². The van der Waals surface area contributed by atoms with E-state index in [9.17, 15) is 14.4 Å². The number of hydrogen-bond acceptors (Lipinski definition) is 6. The second-order valence-electron chi connectivity index (χ2n) is 7.98. The highest BCUT2D eigenvalue weighted by molar-refractivity contribution is 7.80. The lowest BCUT2D eigenvalue weighted by molar-refractivity contribution is -0.122. The summed E-state index contributed by atoms with van der Waals surface area (Å²) in [6.07, 6.45) is 1.39. The first-order valence-electron chi connectivity index (χ1n) is 10.6. The normalized spacial score (nSPS) is 15.1. The predicted octanol–water partition coefficient (Wildman–Crippen LogP) is 4.69. The number of furan rings is 1. The zero-order valence-electron chi connectivity index (χ0n) is 18.8. The van der Waals surface area contributed by atoms with Crippen molar-refractivity contribution in [1.29, 1.82) is 0 Å². The average Bonchev–Trinajstić information content (AvgIpc) is 3.30. The second-order valence-corrected chi connectivity index (χ2v) is 8.36. The SMILES string of the molecule is COC(=O)c1ccc(-c2ccc(/C=C3\C(=O)NC(=S)N(c4ccc(C(C)C)cc4)C3=O)o2)cc1. The minimum Gasteiger partial charge on any atom is -0.465 e. The molecule has 3 aromatic rings. The van der Waals surface area contributed by atoms with Crippen LogP contribution in [0.25, 0.3) is 17.4 Å². The minimum atomic E-state index is -0.592. The van der Waals surface area contributed by atoms with Gasteiger partial charge in [0.2, 0.25) is 0 Å². The molecule has 7 nitrogen and oxygen atoms in total. The number of hydrogen-bond donors (Lipinski definition) is 1. The van der Waals surface area contributed by atoms with Crippen LogP contribution in [0.15, 0.2) is 70.7 Å². The Bertz CT molecular complexity index is 1300. The van der Waals surface area contributed by atoms with Crippen LogP contribution in [-0.2, 0) is 14.3 Å². The molecule has 1 aliphatic rings. The number of carbonyl (C=O) groups excluding carboxylic acids is 3. The largest absolute Gasteiger partial charge is 0.465 e. The van der Waals surface area contributed by atoms with Gasteiger partial charge >= 0.3 is 5.97 Å². The molecule has 1 aliphatic heterocycles. The van der Waals surface area contributed by atoms with E-state index >= 15 is 0 Å². The number of thiocarbonyl (C=S) groups is 1. The van der Waals surface area contributed by atoms with Gasteiger partial charge < -0.3 is 9.15 Å². The standard InChI is InChI=1S/C26H22N2O5S/c1-15(2)16-8-10-19(11-9-16)28-24(30)21(23(29)27-26(28)34)14-20-12-13-22(33-20)17-4-6-18(7-5-17)25(31)32-3/h4-15H,1-3H3,(H,27,29,34)/b21-14+. The van der Waals surface area contributed by atoms with Crippen LogP contribution in [0.5, 0.6) is 0 Å². The van der Waals surface area contributed by atoms with Crippen molar-refractivity contribution in [2.45, 2.75) is 19.8 Å². The number of methoxy groups -OCH3 is 1. The van der Waals surface area contributed by atoms with Crippen LogP contribution in [0.2, 0.25) is 0 Å². The molecule has 0 atom stereocenters. The van der Waals surface area contributed by atoms with Crippen molar-refractivity contribution >= 4 is 46.9 Å². The van der Waals surface area contributed by atoms with Gasteiger partial charge in [0, 0.05) is 5.56 Å². The van der Waals surface area contributed by atoms with Gasteiger partial charge in [-0.1, -0.05) is 38.1 Å². The Morgan fingerprint density at radius 1 is 1.03 bits per heavy atom. The fourth-order valence-electron chi connectivity index (χ4n) is 3.52. The van der Waals surface area contributed by atoms with E-state index in [1.54, 1.807) is 48.5 Å². The van der Waals surface area contributed by atoms with E-state index in [2.05, 4.69) is 19.2 Å². The second kappa shape index (κ2) is 9.44.